The van der Waals surface area contributed by atoms with E-state index in [1.807, 2.05) is 12.1 Å². The van der Waals surface area contributed by atoms with Crippen molar-refractivity contribution in [2.24, 2.45) is 17.7 Å². The van der Waals surface area contributed by atoms with Gasteiger partial charge in [-0.15, -0.1) is 0 Å². The van der Waals surface area contributed by atoms with Gasteiger partial charge in [0.05, 0.1) is 0 Å². The Morgan fingerprint density at radius 3 is 2.50 bits per heavy atom. The van der Waals surface area contributed by atoms with Crippen LogP contribution in [0.15, 0.2) is 18.2 Å². The summed E-state index contributed by atoms with van der Waals surface area (Å²) in [6.07, 6.45) is 4.84. The summed E-state index contributed by atoms with van der Waals surface area (Å²) >= 11 is 0. The van der Waals surface area contributed by atoms with Gasteiger partial charge in [0.1, 0.15) is 5.82 Å². The van der Waals surface area contributed by atoms with E-state index in [-0.39, 0.29) is 11.9 Å². The molecule has 0 aliphatic heterocycles. The predicted molar refractivity (Wildman–Crippen MR) is 72.3 cm³/mol. The minimum absolute atomic E-state index is 0.0765. The summed E-state index contributed by atoms with van der Waals surface area (Å²) in [5.41, 5.74) is 4.54. The van der Waals surface area contributed by atoms with Crippen LogP contribution in [0.25, 0.3) is 0 Å². The Balaban J connectivity index is 2.14. The van der Waals surface area contributed by atoms with Gasteiger partial charge in [-0.3, -0.25) is 11.3 Å². The molecule has 0 amide bonds. The zero-order valence-electron chi connectivity index (χ0n) is 11.2. The number of rotatable bonds is 3. The fourth-order valence-electron chi connectivity index (χ4n) is 2.93. The maximum Gasteiger partial charge on any atom is 0.126 e. The number of nitrogens with one attached hydrogen (secondary N) is 1. The van der Waals surface area contributed by atoms with Gasteiger partial charge in [-0.25, -0.2) is 4.39 Å². The van der Waals surface area contributed by atoms with Crippen LogP contribution in [0.2, 0.25) is 0 Å². The Morgan fingerprint density at radius 2 is 1.94 bits per heavy atom. The molecule has 1 fully saturated rings. The standard InChI is InChI=1S/C15H23FN2/c1-10-3-6-12(7-4-10)15(18-17)13-8-5-11(2)14(16)9-13/h5,8-10,12,15,18H,3-4,6-7,17H2,1-2H3. The molecule has 2 nitrogen and oxygen atoms in total. The summed E-state index contributed by atoms with van der Waals surface area (Å²) in [6, 6.07) is 5.52. The van der Waals surface area contributed by atoms with Crippen LogP contribution < -0.4 is 11.3 Å². The first kappa shape index (κ1) is 13.5. The van der Waals surface area contributed by atoms with Crippen LogP contribution in [0.4, 0.5) is 4.39 Å². The van der Waals surface area contributed by atoms with Crippen molar-refractivity contribution in [3.8, 4) is 0 Å². The van der Waals surface area contributed by atoms with Crippen molar-refractivity contribution >= 4 is 0 Å². The van der Waals surface area contributed by atoms with Gasteiger partial charge < -0.3 is 0 Å². The van der Waals surface area contributed by atoms with E-state index in [9.17, 15) is 4.39 Å². The van der Waals surface area contributed by atoms with Gasteiger partial charge >= 0.3 is 0 Å². The van der Waals surface area contributed by atoms with E-state index in [1.54, 1.807) is 13.0 Å². The summed E-state index contributed by atoms with van der Waals surface area (Å²) in [6.45, 7) is 4.08. The monoisotopic (exact) mass is 250 g/mol. The molecule has 2 rings (SSSR count). The largest absolute Gasteiger partial charge is 0.271 e. The topological polar surface area (TPSA) is 38.0 Å². The van der Waals surface area contributed by atoms with Crippen LogP contribution in [0.3, 0.4) is 0 Å². The number of hydrogen-bond acceptors (Lipinski definition) is 2. The zero-order chi connectivity index (χ0) is 13.1. The summed E-state index contributed by atoms with van der Waals surface area (Å²) in [5, 5.41) is 0. The molecule has 0 radical (unpaired) electrons. The van der Waals surface area contributed by atoms with Crippen LogP contribution in [-0.4, -0.2) is 0 Å². The van der Waals surface area contributed by atoms with E-state index >= 15 is 0 Å². The highest BCUT2D eigenvalue weighted by molar-refractivity contribution is 5.26. The molecule has 0 spiro atoms. The molecule has 1 aliphatic rings. The van der Waals surface area contributed by atoms with Crippen LogP contribution >= 0.6 is 0 Å². The predicted octanol–water partition coefficient (Wildman–Crippen LogP) is 3.46. The SMILES string of the molecule is Cc1ccc(C(NN)C2CCC(C)CC2)cc1F. The van der Waals surface area contributed by atoms with E-state index in [0.717, 1.165) is 11.5 Å². The van der Waals surface area contributed by atoms with Gasteiger partial charge in [0.25, 0.3) is 0 Å². The molecule has 1 atom stereocenters. The molecule has 0 heterocycles. The van der Waals surface area contributed by atoms with Gasteiger partial charge in [0.2, 0.25) is 0 Å². The molecule has 1 aliphatic carbocycles. The van der Waals surface area contributed by atoms with Crippen molar-refractivity contribution < 1.29 is 4.39 Å². The number of halogens is 1. The molecule has 0 saturated heterocycles. The number of benzene rings is 1. The molecule has 1 aromatic rings. The third-order valence-corrected chi connectivity index (χ3v) is 4.27. The van der Waals surface area contributed by atoms with E-state index in [2.05, 4.69) is 12.3 Å². The number of nitrogens with two attached hydrogens (primary N) is 1. The average molecular weight is 250 g/mol. The molecule has 3 heteroatoms. The van der Waals surface area contributed by atoms with Gasteiger partial charge in [0, 0.05) is 6.04 Å². The summed E-state index contributed by atoms with van der Waals surface area (Å²) < 4.78 is 13.6. The van der Waals surface area contributed by atoms with Crippen LogP contribution in [0.5, 0.6) is 0 Å². The number of aryl methyl sites for hydroxylation is 1. The molecular weight excluding hydrogens is 227 g/mol. The first-order chi connectivity index (χ1) is 8.61. The molecule has 0 aromatic heterocycles. The Bertz CT molecular complexity index is 397. The highest BCUT2D eigenvalue weighted by Crippen LogP contribution is 2.36. The lowest BCUT2D eigenvalue weighted by atomic mass is 9.77. The Kier molecular flexibility index (Phi) is 4.36. The second-order valence-corrected chi connectivity index (χ2v) is 5.67. The maximum absolute atomic E-state index is 13.6. The summed E-state index contributed by atoms with van der Waals surface area (Å²) in [5.74, 6) is 6.88. The smallest absolute Gasteiger partial charge is 0.126 e. The third-order valence-electron chi connectivity index (χ3n) is 4.27. The third kappa shape index (κ3) is 2.90. The van der Waals surface area contributed by atoms with E-state index < -0.39 is 0 Å². The van der Waals surface area contributed by atoms with Crippen LogP contribution in [-0.2, 0) is 0 Å². The minimum Gasteiger partial charge on any atom is -0.271 e. The lowest BCUT2D eigenvalue weighted by Crippen LogP contribution is -2.35. The molecule has 1 unspecified atom stereocenters. The van der Waals surface area contributed by atoms with E-state index in [0.29, 0.717) is 11.5 Å². The van der Waals surface area contributed by atoms with E-state index in [1.165, 1.54) is 25.7 Å². The molecule has 1 saturated carbocycles. The summed E-state index contributed by atoms with van der Waals surface area (Å²) in [7, 11) is 0. The van der Waals surface area contributed by atoms with Crippen molar-refractivity contribution in [2.75, 3.05) is 0 Å². The van der Waals surface area contributed by atoms with E-state index in [4.69, 9.17) is 5.84 Å². The molecule has 3 N–H and O–H groups in total. The fourth-order valence-corrected chi connectivity index (χ4v) is 2.93. The van der Waals surface area contributed by atoms with Crippen molar-refractivity contribution in [3.05, 3.63) is 35.1 Å². The summed E-state index contributed by atoms with van der Waals surface area (Å²) in [4.78, 5) is 0. The quantitative estimate of drug-likeness (QED) is 0.637. The maximum atomic E-state index is 13.6. The first-order valence-corrected chi connectivity index (χ1v) is 6.84. The lowest BCUT2D eigenvalue weighted by Gasteiger charge is -2.32. The lowest BCUT2D eigenvalue weighted by molar-refractivity contribution is 0.232. The van der Waals surface area contributed by atoms with Gasteiger partial charge in [0.15, 0.2) is 0 Å². The van der Waals surface area contributed by atoms with Crippen molar-refractivity contribution in [1.82, 2.24) is 5.43 Å². The Morgan fingerprint density at radius 1 is 1.28 bits per heavy atom. The normalized spacial score (nSPS) is 26.0. The van der Waals surface area contributed by atoms with Crippen molar-refractivity contribution in [3.63, 3.8) is 0 Å². The molecule has 100 valence electrons. The molecule has 1 aromatic carbocycles. The Hall–Kier alpha value is -0.930. The highest BCUT2D eigenvalue weighted by atomic mass is 19.1. The molecule has 0 bridgehead atoms. The second-order valence-electron chi connectivity index (χ2n) is 5.67. The second kappa shape index (κ2) is 5.81. The first-order valence-electron chi connectivity index (χ1n) is 6.84. The molecule has 18 heavy (non-hydrogen) atoms. The minimum atomic E-state index is -0.142. The van der Waals surface area contributed by atoms with Crippen molar-refractivity contribution in [1.29, 1.82) is 0 Å². The number of hydrazine groups is 1. The highest BCUT2D eigenvalue weighted by Gasteiger charge is 2.26. The zero-order valence-corrected chi connectivity index (χ0v) is 11.2. The van der Waals surface area contributed by atoms with Gasteiger partial charge in [-0.1, -0.05) is 31.9 Å². The average Bonchev–Trinajstić information content (AvgIpc) is 2.37. The van der Waals surface area contributed by atoms with Crippen LogP contribution in [0.1, 0.15) is 49.8 Å². The van der Waals surface area contributed by atoms with Crippen molar-refractivity contribution in [2.45, 2.75) is 45.6 Å². The van der Waals surface area contributed by atoms with Gasteiger partial charge in [-0.05, 0) is 48.8 Å². The molecular formula is C15H23FN2. The Labute approximate surface area is 109 Å². The number of hydrogen-bond donors (Lipinski definition) is 2. The van der Waals surface area contributed by atoms with Crippen LogP contribution in [0, 0.1) is 24.6 Å². The van der Waals surface area contributed by atoms with Gasteiger partial charge in [-0.2, -0.15) is 0 Å². The fraction of sp³-hybridized carbons (Fsp3) is 0.600.